The van der Waals surface area contributed by atoms with E-state index in [4.69, 9.17) is 24.8 Å². The minimum Gasteiger partial charge on any atom is -0.481 e. The summed E-state index contributed by atoms with van der Waals surface area (Å²) in [5.74, 6) is -0.941. The Kier molecular flexibility index (Phi) is 16.1. The Morgan fingerprint density at radius 1 is 0.958 bits per heavy atom. The molecule has 0 fully saturated rings. The summed E-state index contributed by atoms with van der Waals surface area (Å²) in [6.45, 7) is 3.22. The first kappa shape index (κ1) is 22.1. The van der Waals surface area contributed by atoms with Crippen LogP contribution in [-0.2, 0) is 23.8 Å². The van der Waals surface area contributed by atoms with Crippen molar-refractivity contribution in [2.45, 2.75) is 25.7 Å². The number of unbranched alkanes of at least 4 members (excludes halogenated alkanes) is 1. The van der Waals surface area contributed by atoms with Gasteiger partial charge in [-0.1, -0.05) is 5.11 Å². The van der Waals surface area contributed by atoms with Gasteiger partial charge < -0.3 is 24.6 Å². The van der Waals surface area contributed by atoms with Gasteiger partial charge >= 0.3 is 5.97 Å². The van der Waals surface area contributed by atoms with Crippen LogP contribution < -0.4 is 5.32 Å². The standard InChI is InChI=1S/C14H26N4O6/c15-18-17-6-8-23-10-12-24-11-9-22-7-5-16-13(19)3-1-2-4-14(20)21/h1-12H2,(H,16,19)(H,20,21). The van der Waals surface area contributed by atoms with E-state index in [1.807, 2.05) is 0 Å². The lowest BCUT2D eigenvalue weighted by Gasteiger charge is -2.07. The van der Waals surface area contributed by atoms with Crippen LogP contribution in [-0.4, -0.2) is 69.7 Å². The predicted octanol–water partition coefficient (Wildman–Crippen LogP) is 1.11. The number of carboxylic acid groups (broad SMARTS) is 1. The minimum absolute atomic E-state index is 0.0925. The fraction of sp³-hybridized carbons (Fsp3) is 0.857. The molecule has 0 unspecified atom stereocenters. The molecule has 0 aliphatic carbocycles. The maximum atomic E-state index is 11.4. The zero-order valence-electron chi connectivity index (χ0n) is 13.8. The van der Waals surface area contributed by atoms with Gasteiger partial charge in [-0.05, 0) is 18.4 Å². The summed E-state index contributed by atoms with van der Waals surface area (Å²) in [5, 5.41) is 14.5. The third kappa shape index (κ3) is 18.2. The quantitative estimate of drug-likeness (QED) is 0.175. The average Bonchev–Trinajstić information content (AvgIpc) is 2.55. The van der Waals surface area contributed by atoms with Crippen molar-refractivity contribution in [2.75, 3.05) is 52.7 Å². The molecule has 0 saturated carbocycles. The maximum Gasteiger partial charge on any atom is 0.303 e. The summed E-state index contributed by atoms with van der Waals surface area (Å²) < 4.78 is 15.7. The number of rotatable bonds is 17. The lowest BCUT2D eigenvalue weighted by Crippen LogP contribution is -2.27. The van der Waals surface area contributed by atoms with E-state index < -0.39 is 5.97 Å². The van der Waals surface area contributed by atoms with Gasteiger partial charge in [0.25, 0.3) is 0 Å². The van der Waals surface area contributed by atoms with E-state index in [0.717, 1.165) is 0 Å². The molecular formula is C14H26N4O6. The largest absolute Gasteiger partial charge is 0.481 e. The molecule has 0 bridgehead atoms. The fourth-order valence-electron chi connectivity index (χ4n) is 1.60. The van der Waals surface area contributed by atoms with Gasteiger partial charge in [0.1, 0.15) is 0 Å². The Balaban J connectivity index is 3.17. The third-order valence-electron chi connectivity index (χ3n) is 2.76. The topological polar surface area (TPSA) is 143 Å². The molecule has 0 radical (unpaired) electrons. The molecule has 0 atom stereocenters. The number of carboxylic acids is 1. The smallest absolute Gasteiger partial charge is 0.303 e. The van der Waals surface area contributed by atoms with Gasteiger partial charge in [0.15, 0.2) is 0 Å². The van der Waals surface area contributed by atoms with Gasteiger partial charge in [0.05, 0.1) is 39.6 Å². The zero-order valence-corrected chi connectivity index (χ0v) is 13.8. The summed E-state index contributed by atoms with van der Waals surface area (Å²) in [7, 11) is 0. The van der Waals surface area contributed by atoms with Crippen LogP contribution in [0.4, 0.5) is 0 Å². The van der Waals surface area contributed by atoms with Crippen LogP contribution in [0.1, 0.15) is 25.7 Å². The molecular weight excluding hydrogens is 320 g/mol. The van der Waals surface area contributed by atoms with E-state index in [9.17, 15) is 9.59 Å². The molecule has 10 heteroatoms. The van der Waals surface area contributed by atoms with E-state index in [1.54, 1.807) is 0 Å². The molecule has 2 N–H and O–H groups in total. The molecule has 0 aromatic rings. The Bertz CT molecular complexity index is 387. The lowest BCUT2D eigenvalue weighted by atomic mass is 10.2. The molecule has 0 heterocycles. The highest BCUT2D eigenvalue weighted by atomic mass is 16.5. The van der Waals surface area contributed by atoms with E-state index in [-0.39, 0.29) is 12.3 Å². The number of ether oxygens (including phenoxy) is 3. The van der Waals surface area contributed by atoms with Crippen LogP contribution in [0.3, 0.4) is 0 Å². The number of amides is 1. The van der Waals surface area contributed by atoms with Crippen molar-refractivity contribution in [1.29, 1.82) is 0 Å². The monoisotopic (exact) mass is 346 g/mol. The van der Waals surface area contributed by atoms with Gasteiger partial charge in [-0.2, -0.15) is 0 Å². The normalized spacial score (nSPS) is 10.2. The molecule has 24 heavy (non-hydrogen) atoms. The van der Waals surface area contributed by atoms with Crippen molar-refractivity contribution < 1.29 is 28.9 Å². The number of carbonyl (C=O) groups excluding carboxylic acids is 1. The average molecular weight is 346 g/mol. The van der Waals surface area contributed by atoms with Crippen molar-refractivity contribution in [3.05, 3.63) is 10.4 Å². The van der Waals surface area contributed by atoms with Crippen LogP contribution in [0.25, 0.3) is 10.4 Å². The molecule has 0 aliphatic heterocycles. The van der Waals surface area contributed by atoms with Gasteiger partial charge in [0.2, 0.25) is 5.91 Å². The van der Waals surface area contributed by atoms with Crippen LogP contribution in [0.15, 0.2) is 5.11 Å². The summed E-state index contributed by atoms with van der Waals surface area (Å²) in [5.41, 5.74) is 8.05. The van der Waals surface area contributed by atoms with Crippen molar-refractivity contribution in [1.82, 2.24) is 5.32 Å². The molecule has 0 aliphatic rings. The summed E-state index contributed by atoms with van der Waals surface area (Å²) in [6, 6.07) is 0. The number of azide groups is 1. The lowest BCUT2D eigenvalue weighted by molar-refractivity contribution is -0.137. The first-order valence-electron chi connectivity index (χ1n) is 7.89. The van der Waals surface area contributed by atoms with Crippen molar-refractivity contribution in [3.8, 4) is 0 Å². The fourth-order valence-corrected chi connectivity index (χ4v) is 1.60. The number of nitrogens with one attached hydrogen (secondary N) is 1. The van der Waals surface area contributed by atoms with E-state index in [2.05, 4.69) is 15.3 Å². The van der Waals surface area contributed by atoms with E-state index >= 15 is 0 Å². The minimum atomic E-state index is -0.842. The number of carbonyl (C=O) groups is 2. The number of hydrogen-bond acceptors (Lipinski definition) is 6. The second kappa shape index (κ2) is 17.5. The van der Waals surface area contributed by atoms with Crippen molar-refractivity contribution in [3.63, 3.8) is 0 Å². The Morgan fingerprint density at radius 3 is 2.17 bits per heavy atom. The zero-order chi connectivity index (χ0) is 17.9. The predicted molar refractivity (Wildman–Crippen MR) is 85.6 cm³/mol. The Hall–Kier alpha value is -1.87. The van der Waals surface area contributed by atoms with Crippen molar-refractivity contribution >= 4 is 11.9 Å². The van der Waals surface area contributed by atoms with Gasteiger partial charge in [-0.15, -0.1) is 0 Å². The second-order valence-corrected chi connectivity index (χ2v) is 4.74. The molecule has 138 valence electrons. The molecule has 0 aromatic heterocycles. The third-order valence-corrected chi connectivity index (χ3v) is 2.76. The molecule has 0 rings (SSSR count). The number of hydrogen-bond donors (Lipinski definition) is 2. The molecule has 1 amide bonds. The molecule has 10 nitrogen and oxygen atoms in total. The van der Waals surface area contributed by atoms with E-state index in [1.165, 1.54) is 0 Å². The van der Waals surface area contributed by atoms with Gasteiger partial charge in [-0.3, -0.25) is 9.59 Å². The van der Waals surface area contributed by atoms with E-state index in [0.29, 0.717) is 72.0 Å². The summed E-state index contributed by atoms with van der Waals surface area (Å²) in [4.78, 5) is 24.3. The summed E-state index contributed by atoms with van der Waals surface area (Å²) >= 11 is 0. The highest BCUT2D eigenvalue weighted by molar-refractivity contribution is 5.75. The van der Waals surface area contributed by atoms with Gasteiger partial charge in [0, 0.05) is 30.8 Å². The van der Waals surface area contributed by atoms with Crippen LogP contribution in [0.2, 0.25) is 0 Å². The Labute approximate surface area is 141 Å². The first-order valence-corrected chi connectivity index (χ1v) is 7.89. The highest BCUT2D eigenvalue weighted by Crippen LogP contribution is 1.99. The van der Waals surface area contributed by atoms with Gasteiger partial charge in [-0.25, -0.2) is 0 Å². The van der Waals surface area contributed by atoms with Crippen LogP contribution in [0, 0.1) is 0 Å². The number of nitrogens with zero attached hydrogens (tertiary/aromatic N) is 3. The maximum absolute atomic E-state index is 11.4. The second-order valence-electron chi connectivity index (χ2n) is 4.74. The molecule has 0 spiro atoms. The van der Waals surface area contributed by atoms with Crippen LogP contribution in [0.5, 0.6) is 0 Å². The summed E-state index contributed by atoms with van der Waals surface area (Å²) in [6.07, 6.45) is 1.49. The highest BCUT2D eigenvalue weighted by Gasteiger charge is 2.02. The molecule has 0 saturated heterocycles. The molecule has 0 aromatic carbocycles. The Morgan fingerprint density at radius 2 is 1.54 bits per heavy atom. The number of aliphatic carboxylic acids is 1. The van der Waals surface area contributed by atoms with Crippen LogP contribution >= 0.6 is 0 Å². The first-order chi connectivity index (χ1) is 11.7. The SMILES string of the molecule is [N-]=[N+]=NCCOCCOCCOCCNC(=O)CCCCC(=O)O. The van der Waals surface area contributed by atoms with Crippen molar-refractivity contribution in [2.24, 2.45) is 5.11 Å².